The lowest BCUT2D eigenvalue weighted by atomic mass is 10.3. The predicted octanol–water partition coefficient (Wildman–Crippen LogP) is 0.605. The summed E-state index contributed by atoms with van der Waals surface area (Å²) in [5.41, 5.74) is 0. The second-order valence-corrected chi connectivity index (χ2v) is 4.28. The molecule has 0 aliphatic heterocycles. The molecule has 0 saturated heterocycles. The molecule has 4 heteroatoms. The lowest BCUT2D eigenvalue weighted by Crippen LogP contribution is -2.36. The Kier molecular flexibility index (Phi) is 5.38. The number of ketones is 1. The zero-order chi connectivity index (χ0) is 11.2. The Bertz CT molecular complexity index is 206. The molecule has 0 rings (SSSR count). The molecule has 0 heterocycles. The Hall–Kier alpha value is -0.900. The van der Waals surface area contributed by atoms with Crippen LogP contribution in [0.15, 0.2) is 0 Å². The van der Waals surface area contributed by atoms with Gasteiger partial charge in [0.2, 0.25) is 5.78 Å². The van der Waals surface area contributed by atoms with Gasteiger partial charge in [-0.15, -0.1) is 0 Å². The third-order valence-electron chi connectivity index (χ3n) is 1.76. The molecule has 0 fully saturated rings. The van der Waals surface area contributed by atoms with E-state index < -0.39 is 11.8 Å². The molecule has 82 valence electrons. The summed E-state index contributed by atoms with van der Waals surface area (Å²) in [4.78, 5) is 21.7. The Labute approximate surface area is 85.4 Å². The fourth-order valence-electron chi connectivity index (χ4n) is 0.929. The van der Waals surface area contributed by atoms with Crippen LogP contribution >= 0.6 is 0 Å². The number of carbonyl (C=O) groups excluding carboxylic acids is 2. The Balaban J connectivity index is 3.56. The fourth-order valence-corrected chi connectivity index (χ4v) is 0.929. The lowest BCUT2D eigenvalue weighted by Gasteiger charge is -2.23. The largest absolute Gasteiger partial charge is 0.460 e. The summed E-state index contributed by atoms with van der Waals surface area (Å²) in [6.45, 7) is 2.91. The Morgan fingerprint density at radius 3 is 2.21 bits per heavy atom. The molecule has 0 amide bonds. The summed E-state index contributed by atoms with van der Waals surface area (Å²) in [6.07, 6.45) is 1.00. The number of carbonyl (C=O) groups is 2. The van der Waals surface area contributed by atoms with Gasteiger partial charge in [0.25, 0.3) is 0 Å². The SMILES string of the molecule is CCC(=O)C(=O)OCCC[N+](C)(C)C. The summed E-state index contributed by atoms with van der Waals surface area (Å²) in [5, 5.41) is 0. The number of esters is 1. The highest BCUT2D eigenvalue weighted by Gasteiger charge is 2.13. The summed E-state index contributed by atoms with van der Waals surface area (Å²) in [5.74, 6) is -1.15. The number of hydrogen-bond donors (Lipinski definition) is 0. The van der Waals surface area contributed by atoms with Crippen LogP contribution in [0.1, 0.15) is 19.8 Å². The molecule has 0 spiro atoms. The third-order valence-corrected chi connectivity index (χ3v) is 1.76. The van der Waals surface area contributed by atoms with Crippen LogP contribution in [-0.2, 0) is 14.3 Å². The predicted molar refractivity (Wildman–Crippen MR) is 53.8 cm³/mol. The molecule has 4 nitrogen and oxygen atoms in total. The van der Waals surface area contributed by atoms with Crippen molar-refractivity contribution in [2.45, 2.75) is 19.8 Å². The molecule has 0 N–H and O–H groups in total. The standard InChI is InChI=1S/C10H20NO3/c1-5-9(12)10(13)14-8-6-7-11(2,3)4/h5-8H2,1-4H3/q+1. The van der Waals surface area contributed by atoms with Gasteiger partial charge in [-0.1, -0.05) is 6.92 Å². The zero-order valence-corrected chi connectivity index (χ0v) is 9.50. The van der Waals surface area contributed by atoms with E-state index in [0.29, 0.717) is 6.61 Å². The highest BCUT2D eigenvalue weighted by molar-refractivity contribution is 6.33. The van der Waals surface area contributed by atoms with Gasteiger partial charge in [0, 0.05) is 12.8 Å². The van der Waals surface area contributed by atoms with Crippen molar-refractivity contribution in [2.75, 3.05) is 34.3 Å². The molecular weight excluding hydrogens is 182 g/mol. The molecule has 0 aliphatic rings. The molecule has 0 aliphatic carbocycles. The van der Waals surface area contributed by atoms with E-state index >= 15 is 0 Å². The minimum absolute atomic E-state index is 0.216. The Morgan fingerprint density at radius 1 is 1.21 bits per heavy atom. The number of nitrogens with zero attached hydrogens (tertiary/aromatic N) is 1. The molecule has 14 heavy (non-hydrogen) atoms. The van der Waals surface area contributed by atoms with E-state index in [-0.39, 0.29) is 6.42 Å². The van der Waals surface area contributed by atoms with Crippen LogP contribution in [0.4, 0.5) is 0 Å². The van der Waals surface area contributed by atoms with Crippen LogP contribution in [0.2, 0.25) is 0 Å². The van der Waals surface area contributed by atoms with E-state index in [1.54, 1.807) is 6.92 Å². The molecule has 0 bridgehead atoms. The number of hydrogen-bond acceptors (Lipinski definition) is 3. The first kappa shape index (κ1) is 13.1. The van der Waals surface area contributed by atoms with Crippen molar-refractivity contribution in [3.05, 3.63) is 0 Å². The fraction of sp³-hybridized carbons (Fsp3) is 0.800. The van der Waals surface area contributed by atoms with Crippen LogP contribution in [0.25, 0.3) is 0 Å². The second kappa shape index (κ2) is 5.75. The molecule has 0 saturated carbocycles. The summed E-state index contributed by atoms with van der Waals surface area (Å²) < 4.78 is 5.62. The number of rotatable bonds is 6. The van der Waals surface area contributed by atoms with Crippen molar-refractivity contribution in [1.29, 1.82) is 0 Å². The van der Waals surface area contributed by atoms with Crippen LogP contribution in [-0.4, -0.2) is 50.5 Å². The second-order valence-electron chi connectivity index (χ2n) is 4.28. The molecule has 0 atom stereocenters. The Morgan fingerprint density at radius 2 is 1.79 bits per heavy atom. The van der Waals surface area contributed by atoms with Crippen molar-refractivity contribution in [1.82, 2.24) is 0 Å². The average molecular weight is 202 g/mol. The monoisotopic (exact) mass is 202 g/mol. The van der Waals surface area contributed by atoms with Gasteiger partial charge in [0.1, 0.15) is 0 Å². The number of quaternary nitrogens is 1. The maximum Gasteiger partial charge on any atom is 0.374 e. The van der Waals surface area contributed by atoms with Crippen LogP contribution in [0.5, 0.6) is 0 Å². The van der Waals surface area contributed by atoms with Crippen LogP contribution < -0.4 is 0 Å². The molecule has 0 aromatic heterocycles. The molecular formula is C10H20NO3+. The first-order chi connectivity index (χ1) is 6.37. The van der Waals surface area contributed by atoms with Crippen molar-refractivity contribution >= 4 is 11.8 Å². The van der Waals surface area contributed by atoms with Crippen LogP contribution in [0.3, 0.4) is 0 Å². The minimum Gasteiger partial charge on any atom is -0.460 e. The highest BCUT2D eigenvalue weighted by atomic mass is 16.5. The summed E-state index contributed by atoms with van der Waals surface area (Å²) in [7, 11) is 6.21. The minimum atomic E-state index is -0.700. The van der Waals surface area contributed by atoms with Gasteiger partial charge in [-0.05, 0) is 0 Å². The highest BCUT2D eigenvalue weighted by Crippen LogP contribution is 1.95. The number of ether oxygens (including phenoxy) is 1. The molecule has 0 aromatic carbocycles. The smallest absolute Gasteiger partial charge is 0.374 e. The van der Waals surface area contributed by atoms with Gasteiger partial charge >= 0.3 is 5.97 Å². The number of Topliss-reactive ketones (excluding diaryl/α,β-unsaturated/α-hetero) is 1. The quantitative estimate of drug-likeness (QED) is 0.274. The van der Waals surface area contributed by atoms with Gasteiger partial charge in [-0.2, -0.15) is 0 Å². The molecule has 0 radical (unpaired) electrons. The van der Waals surface area contributed by atoms with E-state index in [2.05, 4.69) is 21.1 Å². The first-order valence-corrected chi connectivity index (χ1v) is 4.87. The van der Waals surface area contributed by atoms with Crippen molar-refractivity contribution in [3.8, 4) is 0 Å². The van der Waals surface area contributed by atoms with Gasteiger partial charge in [0.15, 0.2) is 0 Å². The zero-order valence-electron chi connectivity index (χ0n) is 9.50. The van der Waals surface area contributed by atoms with E-state index in [1.807, 2.05) is 0 Å². The van der Waals surface area contributed by atoms with Gasteiger partial charge in [-0.3, -0.25) is 4.79 Å². The van der Waals surface area contributed by atoms with Crippen molar-refractivity contribution < 1.29 is 18.8 Å². The first-order valence-electron chi connectivity index (χ1n) is 4.87. The summed E-state index contributed by atoms with van der Waals surface area (Å²) >= 11 is 0. The van der Waals surface area contributed by atoms with Gasteiger partial charge < -0.3 is 9.22 Å². The van der Waals surface area contributed by atoms with Crippen molar-refractivity contribution in [3.63, 3.8) is 0 Å². The molecule has 0 unspecified atom stereocenters. The lowest BCUT2D eigenvalue weighted by molar-refractivity contribution is -0.870. The van der Waals surface area contributed by atoms with Crippen molar-refractivity contribution in [2.24, 2.45) is 0 Å². The van der Waals surface area contributed by atoms with E-state index in [9.17, 15) is 9.59 Å². The van der Waals surface area contributed by atoms with E-state index in [0.717, 1.165) is 17.4 Å². The third kappa shape index (κ3) is 6.60. The van der Waals surface area contributed by atoms with Crippen LogP contribution in [0, 0.1) is 0 Å². The van der Waals surface area contributed by atoms with E-state index in [4.69, 9.17) is 4.74 Å². The topological polar surface area (TPSA) is 43.4 Å². The molecule has 0 aromatic rings. The van der Waals surface area contributed by atoms with E-state index in [1.165, 1.54) is 0 Å². The summed E-state index contributed by atoms with van der Waals surface area (Å²) in [6, 6.07) is 0. The normalized spacial score (nSPS) is 11.1. The van der Waals surface area contributed by atoms with Gasteiger partial charge in [-0.25, -0.2) is 4.79 Å². The average Bonchev–Trinajstić information content (AvgIpc) is 2.09. The maximum absolute atomic E-state index is 10.9. The van der Waals surface area contributed by atoms with Gasteiger partial charge in [0.05, 0.1) is 34.3 Å². The maximum atomic E-state index is 10.9.